The predicted molar refractivity (Wildman–Crippen MR) is 61.8 cm³/mol. The molecule has 7 heteroatoms. The SMILES string of the molecule is COC(=O)[C@@H](C)Oc1ccc(OC)cc1[N+](=O)[O-]. The van der Waals surface area contributed by atoms with E-state index in [2.05, 4.69) is 4.74 Å². The van der Waals surface area contributed by atoms with Gasteiger partial charge in [-0.25, -0.2) is 4.79 Å². The van der Waals surface area contributed by atoms with Crippen molar-refractivity contribution in [1.82, 2.24) is 0 Å². The number of hydrogen-bond acceptors (Lipinski definition) is 6. The first-order valence-corrected chi connectivity index (χ1v) is 5.06. The van der Waals surface area contributed by atoms with Gasteiger partial charge in [-0.2, -0.15) is 0 Å². The van der Waals surface area contributed by atoms with Crippen LogP contribution in [0.3, 0.4) is 0 Å². The number of nitrogens with zero attached hydrogens (tertiary/aromatic N) is 1. The van der Waals surface area contributed by atoms with Crippen LogP contribution in [-0.4, -0.2) is 31.2 Å². The molecule has 0 fully saturated rings. The number of nitro benzene ring substituents is 1. The molecule has 0 aliphatic rings. The fourth-order valence-corrected chi connectivity index (χ4v) is 1.27. The van der Waals surface area contributed by atoms with Gasteiger partial charge in [0, 0.05) is 0 Å². The number of ether oxygens (including phenoxy) is 3. The Bertz CT molecular complexity index is 459. The van der Waals surface area contributed by atoms with E-state index < -0.39 is 17.0 Å². The maximum Gasteiger partial charge on any atom is 0.346 e. The third-order valence-corrected chi connectivity index (χ3v) is 2.20. The second-order valence-corrected chi connectivity index (χ2v) is 3.37. The van der Waals surface area contributed by atoms with Gasteiger partial charge in [-0.05, 0) is 19.1 Å². The number of nitro groups is 1. The van der Waals surface area contributed by atoms with E-state index in [0.717, 1.165) is 0 Å². The molecule has 7 nitrogen and oxygen atoms in total. The molecule has 0 amide bonds. The number of esters is 1. The molecule has 0 bridgehead atoms. The number of rotatable bonds is 5. The highest BCUT2D eigenvalue weighted by Crippen LogP contribution is 2.31. The minimum atomic E-state index is -0.929. The lowest BCUT2D eigenvalue weighted by Crippen LogP contribution is -2.25. The van der Waals surface area contributed by atoms with Crippen LogP contribution in [0.25, 0.3) is 0 Å². The summed E-state index contributed by atoms with van der Waals surface area (Å²) < 4.78 is 14.5. The quantitative estimate of drug-likeness (QED) is 0.450. The summed E-state index contributed by atoms with van der Waals surface area (Å²) in [5, 5.41) is 10.9. The van der Waals surface area contributed by atoms with Crippen LogP contribution in [0.1, 0.15) is 6.92 Å². The summed E-state index contributed by atoms with van der Waals surface area (Å²) in [6.07, 6.45) is -0.929. The molecule has 18 heavy (non-hydrogen) atoms. The zero-order valence-corrected chi connectivity index (χ0v) is 10.2. The molecule has 0 aromatic heterocycles. The summed E-state index contributed by atoms with van der Waals surface area (Å²) in [5.41, 5.74) is -0.273. The number of hydrogen-bond donors (Lipinski definition) is 0. The summed E-state index contributed by atoms with van der Waals surface area (Å²) in [4.78, 5) is 21.4. The molecule has 1 aromatic carbocycles. The molecule has 0 saturated heterocycles. The second-order valence-electron chi connectivity index (χ2n) is 3.37. The van der Waals surface area contributed by atoms with Gasteiger partial charge in [0.1, 0.15) is 5.75 Å². The summed E-state index contributed by atoms with van der Waals surface area (Å²) in [5.74, 6) is -0.293. The van der Waals surface area contributed by atoms with Crippen molar-refractivity contribution in [3.63, 3.8) is 0 Å². The van der Waals surface area contributed by atoms with Crippen molar-refractivity contribution in [3.05, 3.63) is 28.3 Å². The van der Waals surface area contributed by atoms with E-state index >= 15 is 0 Å². The fraction of sp³-hybridized carbons (Fsp3) is 0.364. The van der Waals surface area contributed by atoms with Gasteiger partial charge >= 0.3 is 11.7 Å². The first-order valence-electron chi connectivity index (χ1n) is 5.06. The average molecular weight is 255 g/mol. The van der Waals surface area contributed by atoms with E-state index in [0.29, 0.717) is 5.75 Å². The van der Waals surface area contributed by atoms with E-state index in [1.54, 1.807) is 0 Å². The Morgan fingerprint density at radius 3 is 2.56 bits per heavy atom. The molecule has 98 valence electrons. The Balaban J connectivity index is 3.01. The first kappa shape index (κ1) is 13.8. The topological polar surface area (TPSA) is 87.9 Å². The maximum absolute atomic E-state index is 11.2. The Morgan fingerprint density at radius 2 is 2.06 bits per heavy atom. The van der Waals surface area contributed by atoms with E-state index in [1.807, 2.05) is 0 Å². The van der Waals surface area contributed by atoms with E-state index in [9.17, 15) is 14.9 Å². The van der Waals surface area contributed by atoms with Gasteiger partial charge in [-0.3, -0.25) is 10.1 Å². The number of carbonyl (C=O) groups excluding carboxylic acids is 1. The molecule has 1 atom stereocenters. The molecule has 0 aliphatic carbocycles. The maximum atomic E-state index is 11.2. The highest BCUT2D eigenvalue weighted by Gasteiger charge is 2.22. The highest BCUT2D eigenvalue weighted by molar-refractivity contribution is 5.74. The molecular weight excluding hydrogens is 242 g/mol. The van der Waals surface area contributed by atoms with Crippen molar-refractivity contribution in [1.29, 1.82) is 0 Å². The largest absolute Gasteiger partial charge is 0.496 e. The molecule has 1 rings (SSSR count). The van der Waals surface area contributed by atoms with Gasteiger partial charge in [0.05, 0.1) is 25.2 Å². The summed E-state index contributed by atoms with van der Waals surface area (Å²) in [6, 6.07) is 4.10. The zero-order valence-electron chi connectivity index (χ0n) is 10.2. The monoisotopic (exact) mass is 255 g/mol. The van der Waals surface area contributed by atoms with Crippen molar-refractivity contribution >= 4 is 11.7 Å². The summed E-state index contributed by atoms with van der Waals surface area (Å²) in [7, 11) is 2.61. The Morgan fingerprint density at radius 1 is 1.39 bits per heavy atom. The van der Waals surface area contributed by atoms with Crippen LogP contribution in [0.5, 0.6) is 11.5 Å². The predicted octanol–water partition coefficient (Wildman–Crippen LogP) is 1.54. The zero-order chi connectivity index (χ0) is 13.7. The standard InChI is InChI=1S/C11H13NO6/c1-7(11(13)17-3)18-10-5-4-8(16-2)6-9(10)12(14)15/h4-7H,1-3H3/t7-/m1/s1. The van der Waals surface area contributed by atoms with Crippen molar-refractivity contribution in [3.8, 4) is 11.5 Å². The van der Waals surface area contributed by atoms with Crippen LogP contribution in [0, 0.1) is 10.1 Å². The molecule has 0 aliphatic heterocycles. The molecule has 0 heterocycles. The van der Waals surface area contributed by atoms with Crippen molar-refractivity contribution in [2.75, 3.05) is 14.2 Å². The molecule has 0 saturated carbocycles. The smallest absolute Gasteiger partial charge is 0.346 e. The summed E-state index contributed by atoms with van der Waals surface area (Å²) >= 11 is 0. The third kappa shape index (κ3) is 3.09. The van der Waals surface area contributed by atoms with Gasteiger partial charge in [0.25, 0.3) is 0 Å². The van der Waals surface area contributed by atoms with Gasteiger partial charge < -0.3 is 14.2 Å². The molecular formula is C11H13NO6. The number of benzene rings is 1. The highest BCUT2D eigenvalue weighted by atomic mass is 16.6. The third-order valence-electron chi connectivity index (χ3n) is 2.20. The lowest BCUT2D eigenvalue weighted by molar-refractivity contribution is -0.386. The van der Waals surface area contributed by atoms with Crippen LogP contribution < -0.4 is 9.47 Å². The van der Waals surface area contributed by atoms with Crippen molar-refractivity contribution in [2.45, 2.75) is 13.0 Å². The minimum Gasteiger partial charge on any atom is -0.496 e. The molecule has 0 radical (unpaired) electrons. The Labute approximate surface area is 103 Å². The molecule has 0 spiro atoms. The van der Waals surface area contributed by atoms with E-state index in [4.69, 9.17) is 9.47 Å². The van der Waals surface area contributed by atoms with Gasteiger partial charge in [-0.15, -0.1) is 0 Å². The lowest BCUT2D eigenvalue weighted by Gasteiger charge is -2.12. The first-order chi connectivity index (χ1) is 8.49. The molecule has 0 unspecified atom stereocenters. The Kier molecular flexibility index (Phi) is 4.47. The number of methoxy groups -OCH3 is 2. The average Bonchev–Trinajstić information content (AvgIpc) is 2.37. The molecule has 1 aromatic rings. The fourth-order valence-electron chi connectivity index (χ4n) is 1.27. The van der Waals surface area contributed by atoms with Crippen LogP contribution in [0.4, 0.5) is 5.69 Å². The van der Waals surface area contributed by atoms with Crippen molar-refractivity contribution in [2.24, 2.45) is 0 Å². The van der Waals surface area contributed by atoms with Crippen LogP contribution in [-0.2, 0) is 9.53 Å². The van der Waals surface area contributed by atoms with E-state index in [-0.39, 0.29) is 11.4 Å². The normalized spacial score (nSPS) is 11.5. The number of carbonyl (C=O) groups is 1. The van der Waals surface area contributed by atoms with Crippen LogP contribution in [0.15, 0.2) is 18.2 Å². The lowest BCUT2D eigenvalue weighted by atomic mass is 10.2. The van der Waals surface area contributed by atoms with Gasteiger partial charge in [-0.1, -0.05) is 0 Å². The minimum absolute atomic E-state index is 0.0151. The molecule has 0 N–H and O–H groups in total. The Hall–Kier alpha value is -2.31. The van der Waals surface area contributed by atoms with E-state index in [1.165, 1.54) is 39.3 Å². The second kappa shape index (κ2) is 5.85. The van der Waals surface area contributed by atoms with Gasteiger partial charge in [0.2, 0.25) is 0 Å². The van der Waals surface area contributed by atoms with Crippen molar-refractivity contribution < 1.29 is 23.9 Å². The summed E-state index contributed by atoms with van der Waals surface area (Å²) in [6.45, 7) is 1.44. The van der Waals surface area contributed by atoms with Crippen LogP contribution >= 0.6 is 0 Å². The van der Waals surface area contributed by atoms with Crippen LogP contribution in [0.2, 0.25) is 0 Å². The van der Waals surface area contributed by atoms with Gasteiger partial charge in [0.15, 0.2) is 11.9 Å².